The molecule has 0 amide bonds. The van der Waals surface area contributed by atoms with E-state index in [1.165, 1.54) is 12.3 Å². The van der Waals surface area contributed by atoms with E-state index in [1.807, 2.05) is 6.07 Å². The number of non-ortho nitro benzene ring substituents is 1. The molecule has 0 N–H and O–H groups in total. The Bertz CT molecular complexity index is 845. The summed E-state index contributed by atoms with van der Waals surface area (Å²) in [5.41, 5.74) is 0.698. The monoisotopic (exact) mass is 278 g/mol. The molecule has 0 aliphatic heterocycles. The van der Waals surface area contributed by atoms with Crippen LogP contribution in [0.3, 0.4) is 0 Å². The van der Waals surface area contributed by atoms with Crippen LogP contribution in [0.25, 0.3) is 10.8 Å². The van der Waals surface area contributed by atoms with E-state index in [2.05, 4.69) is 4.98 Å². The Labute approximate surface area is 120 Å². The van der Waals surface area contributed by atoms with E-state index in [1.54, 1.807) is 42.5 Å². The van der Waals surface area contributed by atoms with Crippen LogP contribution in [0.2, 0.25) is 0 Å². The van der Waals surface area contributed by atoms with Crippen molar-refractivity contribution in [2.75, 3.05) is 0 Å². The number of fused-ring (bicyclic) bond motifs is 1. The predicted molar refractivity (Wildman–Crippen MR) is 78.3 cm³/mol. The fourth-order valence-electron chi connectivity index (χ4n) is 2.26. The molecule has 3 rings (SSSR count). The molecule has 21 heavy (non-hydrogen) atoms. The number of nitro benzene ring substituents is 1. The minimum Gasteiger partial charge on any atom is -0.287 e. The lowest BCUT2D eigenvalue weighted by atomic mass is 10.0. The Morgan fingerprint density at radius 1 is 0.952 bits per heavy atom. The first kappa shape index (κ1) is 12.9. The number of ketones is 1. The molecule has 0 bridgehead atoms. The molecule has 102 valence electrons. The summed E-state index contributed by atoms with van der Waals surface area (Å²) in [5, 5.41) is 12.0. The second-order valence-corrected chi connectivity index (χ2v) is 4.48. The lowest BCUT2D eigenvalue weighted by Crippen LogP contribution is -2.05. The molecule has 1 heterocycles. The van der Waals surface area contributed by atoms with E-state index in [-0.39, 0.29) is 17.2 Å². The molecular formula is C16H10N2O3. The van der Waals surface area contributed by atoms with Crippen LogP contribution in [-0.2, 0) is 0 Å². The number of carbonyl (C=O) groups is 1. The third kappa shape index (κ3) is 2.25. The number of nitrogens with zero attached hydrogens (tertiary/aromatic N) is 2. The van der Waals surface area contributed by atoms with Gasteiger partial charge in [-0.15, -0.1) is 0 Å². The van der Waals surface area contributed by atoms with Gasteiger partial charge >= 0.3 is 0 Å². The molecule has 0 atom stereocenters. The summed E-state index contributed by atoms with van der Waals surface area (Å²) >= 11 is 0. The van der Waals surface area contributed by atoms with Crippen molar-refractivity contribution in [3.05, 3.63) is 82.2 Å². The Morgan fingerprint density at radius 3 is 2.43 bits per heavy atom. The van der Waals surface area contributed by atoms with E-state index in [0.29, 0.717) is 16.3 Å². The minimum atomic E-state index is -0.459. The van der Waals surface area contributed by atoms with E-state index in [9.17, 15) is 14.9 Å². The molecule has 5 nitrogen and oxygen atoms in total. The third-order valence-electron chi connectivity index (χ3n) is 3.23. The van der Waals surface area contributed by atoms with Gasteiger partial charge in [-0.25, -0.2) is 0 Å². The zero-order valence-electron chi connectivity index (χ0n) is 10.9. The number of aromatic nitrogens is 1. The second kappa shape index (κ2) is 5.13. The molecule has 0 unspecified atom stereocenters. The summed E-state index contributed by atoms with van der Waals surface area (Å²) in [6, 6.07) is 14.9. The summed E-state index contributed by atoms with van der Waals surface area (Å²) in [5.74, 6) is -0.248. The zero-order valence-corrected chi connectivity index (χ0v) is 10.9. The molecule has 0 fully saturated rings. The molecule has 0 saturated carbocycles. The van der Waals surface area contributed by atoms with Crippen LogP contribution in [-0.4, -0.2) is 15.7 Å². The zero-order chi connectivity index (χ0) is 14.8. The molecule has 0 aliphatic rings. The van der Waals surface area contributed by atoms with Gasteiger partial charge in [0.15, 0.2) is 0 Å². The molecule has 2 aromatic carbocycles. The van der Waals surface area contributed by atoms with Crippen molar-refractivity contribution in [3.63, 3.8) is 0 Å². The number of nitro groups is 1. The van der Waals surface area contributed by atoms with Crippen LogP contribution in [0, 0.1) is 10.1 Å². The van der Waals surface area contributed by atoms with Crippen LogP contribution in [0.4, 0.5) is 5.69 Å². The van der Waals surface area contributed by atoms with Gasteiger partial charge in [0.1, 0.15) is 5.69 Å². The van der Waals surface area contributed by atoms with Gasteiger partial charge < -0.3 is 0 Å². The molecule has 0 saturated heterocycles. The van der Waals surface area contributed by atoms with Gasteiger partial charge in [-0.3, -0.25) is 19.9 Å². The largest absolute Gasteiger partial charge is 0.287 e. The van der Waals surface area contributed by atoms with Gasteiger partial charge in [-0.1, -0.05) is 42.5 Å². The van der Waals surface area contributed by atoms with Crippen LogP contribution in [0.5, 0.6) is 0 Å². The van der Waals surface area contributed by atoms with Crippen molar-refractivity contribution in [3.8, 4) is 0 Å². The summed E-state index contributed by atoms with van der Waals surface area (Å²) in [4.78, 5) is 27.2. The average Bonchev–Trinajstić information content (AvgIpc) is 2.53. The average molecular weight is 278 g/mol. The van der Waals surface area contributed by atoms with Crippen molar-refractivity contribution in [1.29, 1.82) is 0 Å². The highest BCUT2D eigenvalue weighted by Gasteiger charge is 2.18. The van der Waals surface area contributed by atoms with Gasteiger partial charge in [0.2, 0.25) is 5.78 Å². The SMILES string of the molecule is O=C(c1ccccc1)c1nccc2c([N+](=O)[O-])cccc12. The molecule has 0 aliphatic carbocycles. The first-order chi connectivity index (χ1) is 10.2. The molecule has 1 aromatic heterocycles. The van der Waals surface area contributed by atoms with Crippen molar-refractivity contribution in [2.45, 2.75) is 0 Å². The Kier molecular flexibility index (Phi) is 3.16. The molecular weight excluding hydrogens is 268 g/mol. The van der Waals surface area contributed by atoms with E-state index >= 15 is 0 Å². The summed E-state index contributed by atoms with van der Waals surface area (Å²) in [6.45, 7) is 0. The second-order valence-electron chi connectivity index (χ2n) is 4.48. The lowest BCUT2D eigenvalue weighted by molar-refractivity contribution is -0.383. The van der Waals surface area contributed by atoms with Gasteiger partial charge in [0, 0.05) is 23.2 Å². The number of carbonyl (C=O) groups excluding carboxylic acids is 1. The fourth-order valence-corrected chi connectivity index (χ4v) is 2.26. The number of hydrogen-bond donors (Lipinski definition) is 0. The van der Waals surface area contributed by atoms with Crippen molar-refractivity contribution >= 4 is 22.2 Å². The van der Waals surface area contributed by atoms with Gasteiger partial charge in [-0.05, 0) is 6.07 Å². The van der Waals surface area contributed by atoms with E-state index < -0.39 is 4.92 Å². The molecule has 0 spiro atoms. The minimum absolute atomic E-state index is 0.0305. The van der Waals surface area contributed by atoms with E-state index in [4.69, 9.17) is 0 Å². The van der Waals surface area contributed by atoms with Crippen molar-refractivity contribution < 1.29 is 9.72 Å². The van der Waals surface area contributed by atoms with Gasteiger partial charge in [-0.2, -0.15) is 0 Å². The topological polar surface area (TPSA) is 73.1 Å². The Hall–Kier alpha value is -3.08. The highest BCUT2D eigenvalue weighted by Crippen LogP contribution is 2.27. The highest BCUT2D eigenvalue weighted by molar-refractivity contribution is 6.15. The first-order valence-electron chi connectivity index (χ1n) is 6.30. The molecule has 5 heteroatoms. The van der Waals surface area contributed by atoms with Crippen molar-refractivity contribution in [1.82, 2.24) is 4.98 Å². The summed E-state index contributed by atoms with van der Waals surface area (Å²) < 4.78 is 0. The maximum atomic E-state index is 12.5. The number of hydrogen-bond acceptors (Lipinski definition) is 4. The quantitative estimate of drug-likeness (QED) is 0.418. The Morgan fingerprint density at radius 2 is 1.71 bits per heavy atom. The van der Waals surface area contributed by atoms with Crippen LogP contribution < -0.4 is 0 Å². The predicted octanol–water partition coefficient (Wildman–Crippen LogP) is 3.37. The maximum absolute atomic E-state index is 12.5. The summed E-state index contributed by atoms with van der Waals surface area (Å²) in [7, 11) is 0. The number of benzene rings is 2. The normalized spacial score (nSPS) is 10.5. The standard InChI is InChI=1S/C16H10N2O3/c19-16(11-5-2-1-3-6-11)15-13-7-4-8-14(18(20)21)12(13)9-10-17-15/h1-10H. The summed E-state index contributed by atoms with van der Waals surface area (Å²) in [6.07, 6.45) is 1.42. The van der Waals surface area contributed by atoms with E-state index in [0.717, 1.165) is 0 Å². The smallest absolute Gasteiger partial charge is 0.277 e. The van der Waals surface area contributed by atoms with Crippen LogP contribution >= 0.6 is 0 Å². The first-order valence-corrected chi connectivity index (χ1v) is 6.30. The van der Waals surface area contributed by atoms with Crippen molar-refractivity contribution in [2.24, 2.45) is 0 Å². The third-order valence-corrected chi connectivity index (χ3v) is 3.23. The van der Waals surface area contributed by atoms with Crippen LogP contribution in [0.15, 0.2) is 60.8 Å². The highest BCUT2D eigenvalue weighted by atomic mass is 16.6. The Balaban J connectivity index is 2.23. The molecule has 3 aromatic rings. The number of pyridine rings is 1. The van der Waals surface area contributed by atoms with Gasteiger partial charge in [0.05, 0.1) is 10.3 Å². The lowest BCUT2D eigenvalue weighted by Gasteiger charge is -2.05. The fraction of sp³-hybridized carbons (Fsp3) is 0. The number of rotatable bonds is 3. The molecule has 0 radical (unpaired) electrons. The van der Waals surface area contributed by atoms with Gasteiger partial charge in [0.25, 0.3) is 5.69 Å². The van der Waals surface area contributed by atoms with Crippen LogP contribution in [0.1, 0.15) is 16.1 Å². The maximum Gasteiger partial charge on any atom is 0.277 e.